The minimum atomic E-state index is -0.275. The van der Waals surface area contributed by atoms with Crippen molar-refractivity contribution < 1.29 is 4.79 Å². The fourth-order valence-electron chi connectivity index (χ4n) is 2.52. The first-order chi connectivity index (χ1) is 10.9. The molecule has 2 heterocycles. The molecule has 0 spiro atoms. The van der Waals surface area contributed by atoms with Crippen LogP contribution in [0.2, 0.25) is 0 Å². The van der Waals surface area contributed by atoms with Crippen LogP contribution in [0.15, 0.2) is 23.0 Å². The molecule has 0 aliphatic carbocycles. The standard InChI is InChI=1S/C16H15N3O2S2/c1-7-4-5-10(8(2)6-7)17-14(21)12-9(3)11-13(20)18-16(22)19-15(11)23-12/h4-6H,1-3H3,(H,17,21)(H2,18,19,20,22). The molecule has 0 aliphatic rings. The second-order valence-electron chi connectivity index (χ2n) is 5.44. The number of hydrogen-bond acceptors (Lipinski definition) is 4. The van der Waals surface area contributed by atoms with Crippen molar-refractivity contribution in [2.45, 2.75) is 20.8 Å². The first kappa shape index (κ1) is 15.6. The number of fused-ring (bicyclic) bond motifs is 1. The number of aryl methyl sites for hydroxylation is 3. The van der Waals surface area contributed by atoms with E-state index in [1.807, 2.05) is 32.0 Å². The molecule has 0 fully saturated rings. The van der Waals surface area contributed by atoms with E-state index in [-0.39, 0.29) is 16.2 Å². The number of carbonyl (C=O) groups is 1. The van der Waals surface area contributed by atoms with Crippen molar-refractivity contribution in [3.63, 3.8) is 0 Å². The first-order valence-electron chi connectivity index (χ1n) is 7.01. The Balaban J connectivity index is 2.04. The van der Waals surface area contributed by atoms with Crippen molar-refractivity contribution in [1.29, 1.82) is 0 Å². The van der Waals surface area contributed by atoms with Crippen molar-refractivity contribution in [1.82, 2.24) is 9.97 Å². The molecule has 1 amide bonds. The molecule has 0 radical (unpaired) electrons. The second-order valence-corrected chi connectivity index (χ2v) is 6.87. The van der Waals surface area contributed by atoms with E-state index in [1.54, 1.807) is 6.92 Å². The minimum Gasteiger partial charge on any atom is -0.323 e. The zero-order valence-corrected chi connectivity index (χ0v) is 14.5. The van der Waals surface area contributed by atoms with Crippen molar-refractivity contribution in [3.8, 4) is 0 Å². The van der Waals surface area contributed by atoms with Gasteiger partial charge in [0.15, 0.2) is 4.77 Å². The molecule has 3 aromatic rings. The van der Waals surface area contributed by atoms with E-state index in [1.165, 1.54) is 11.3 Å². The Morgan fingerprint density at radius 2 is 1.96 bits per heavy atom. The van der Waals surface area contributed by atoms with E-state index in [0.717, 1.165) is 16.8 Å². The molecule has 0 saturated carbocycles. The number of nitrogens with one attached hydrogen (secondary N) is 3. The van der Waals surface area contributed by atoms with Gasteiger partial charge in [0.1, 0.15) is 4.83 Å². The van der Waals surface area contributed by atoms with Crippen molar-refractivity contribution in [3.05, 3.63) is 54.9 Å². The summed E-state index contributed by atoms with van der Waals surface area (Å²) in [6, 6.07) is 5.84. The Kier molecular flexibility index (Phi) is 3.91. The average molecular weight is 345 g/mol. The van der Waals surface area contributed by atoms with Crippen LogP contribution in [0.1, 0.15) is 26.4 Å². The Bertz CT molecular complexity index is 1040. The smallest absolute Gasteiger partial charge is 0.266 e. The zero-order chi connectivity index (χ0) is 16.7. The Morgan fingerprint density at radius 1 is 1.22 bits per heavy atom. The zero-order valence-electron chi connectivity index (χ0n) is 12.9. The molecule has 0 saturated heterocycles. The molecule has 5 nitrogen and oxygen atoms in total. The van der Waals surface area contributed by atoms with Crippen molar-refractivity contribution in [2.75, 3.05) is 5.32 Å². The SMILES string of the molecule is Cc1ccc(NC(=O)c2sc3[nH]c(=S)[nH]c(=O)c3c2C)c(C)c1. The van der Waals surface area contributed by atoms with Crippen molar-refractivity contribution >= 4 is 45.4 Å². The number of benzene rings is 1. The number of amides is 1. The lowest BCUT2D eigenvalue weighted by atomic mass is 10.1. The van der Waals surface area contributed by atoms with Gasteiger partial charge in [-0.3, -0.25) is 14.6 Å². The molecular weight excluding hydrogens is 330 g/mol. The lowest BCUT2D eigenvalue weighted by Gasteiger charge is -2.08. The molecule has 7 heteroatoms. The Morgan fingerprint density at radius 3 is 2.65 bits per heavy atom. The Labute approximate surface area is 141 Å². The van der Waals surface area contributed by atoms with Crippen molar-refractivity contribution in [2.24, 2.45) is 0 Å². The van der Waals surface area contributed by atoms with Crippen LogP contribution in [0, 0.1) is 25.5 Å². The van der Waals surface area contributed by atoms with E-state index in [2.05, 4.69) is 15.3 Å². The largest absolute Gasteiger partial charge is 0.323 e. The van der Waals surface area contributed by atoms with Crippen LogP contribution < -0.4 is 10.9 Å². The molecule has 0 bridgehead atoms. The predicted octanol–water partition coefficient (Wildman–Crippen LogP) is 3.82. The summed E-state index contributed by atoms with van der Waals surface area (Å²) in [5.74, 6) is -0.227. The summed E-state index contributed by atoms with van der Waals surface area (Å²) in [6.45, 7) is 5.72. The normalized spacial score (nSPS) is 10.9. The van der Waals surface area contributed by atoms with E-state index in [0.29, 0.717) is 20.7 Å². The first-order valence-corrected chi connectivity index (χ1v) is 8.23. The topological polar surface area (TPSA) is 77.8 Å². The van der Waals surface area contributed by atoms with E-state index >= 15 is 0 Å². The van der Waals surface area contributed by atoms with Crippen LogP contribution in [-0.4, -0.2) is 15.9 Å². The highest BCUT2D eigenvalue weighted by Crippen LogP contribution is 2.28. The molecule has 3 rings (SSSR count). The number of hydrogen-bond donors (Lipinski definition) is 3. The third kappa shape index (κ3) is 2.85. The maximum absolute atomic E-state index is 12.6. The van der Waals surface area contributed by atoms with Gasteiger partial charge in [-0.2, -0.15) is 0 Å². The average Bonchev–Trinajstić information content (AvgIpc) is 2.79. The third-order valence-corrected chi connectivity index (χ3v) is 5.07. The number of aromatic amines is 2. The fourth-order valence-corrected chi connectivity index (χ4v) is 3.89. The van der Waals surface area contributed by atoms with E-state index in [9.17, 15) is 9.59 Å². The highest BCUT2D eigenvalue weighted by Gasteiger charge is 2.18. The number of thiophene rings is 1. The van der Waals surface area contributed by atoms with Crippen LogP contribution in [-0.2, 0) is 0 Å². The van der Waals surface area contributed by atoms with Gasteiger partial charge in [0.05, 0.1) is 10.3 Å². The maximum Gasteiger partial charge on any atom is 0.266 e. The second kappa shape index (κ2) is 5.75. The van der Waals surface area contributed by atoms with Gasteiger partial charge in [-0.1, -0.05) is 17.7 Å². The molecule has 2 aromatic heterocycles. The molecule has 0 unspecified atom stereocenters. The summed E-state index contributed by atoms with van der Waals surface area (Å²) < 4.78 is 0.255. The molecule has 0 aliphatic heterocycles. The third-order valence-electron chi connectivity index (χ3n) is 3.66. The molecular formula is C16H15N3O2S2. The van der Waals surface area contributed by atoms with Gasteiger partial charge < -0.3 is 10.3 Å². The summed E-state index contributed by atoms with van der Waals surface area (Å²) in [5.41, 5.74) is 3.27. The van der Waals surface area contributed by atoms with Crippen LogP contribution in [0.25, 0.3) is 10.2 Å². The van der Waals surface area contributed by atoms with Gasteiger partial charge in [-0.05, 0) is 50.2 Å². The Hall–Kier alpha value is -2.25. The van der Waals surface area contributed by atoms with Gasteiger partial charge in [0.25, 0.3) is 11.5 Å². The van der Waals surface area contributed by atoms with Crippen LogP contribution in [0.5, 0.6) is 0 Å². The van der Waals surface area contributed by atoms with Crippen LogP contribution >= 0.6 is 23.6 Å². The predicted molar refractivity (Wildman–Crippen MR) is 96.2 cm³/mol. The van der Waals surface area contributed by atoms with Gasteiger partial charge in [-0.25, -0.2) is 0 Å². The summed E-state index contributed by atoms with van der Waals surface area (Å²) >= 11 is 6.21. The summed E-state index contributed by atoms with van der Waals surface area (Å²) in [4.78, 5) is 31.2. The van der Waals surface area contributed by atoms with Crippen LogP contribution in [0.3, 0.4) is 0 Å². The van der Waals surface area contributed by atoms with Gasteiger partial charge in [-0.15, -0.1) is 11.3 Å². The highest BCUT2D eigenvalue weighted by atomic mass is 32.1. The summed E-state index contributed by atoms with van der Waals surface area (Å²) in [5, 5.41) is 3.39. The molecule has 1 aromatic carbocycles. The number of rotatable bonds is 2. The van der Waals surface area contributed by atoms with Gasteiger partial charge in [0, 0.05) is 5.69 Å². The maximum atomic E-state index is 12.6. The lowest BCUT2D eigenvalue weighted by molar-refractivity contribution is 0.103. The van der Waals surface area contributed by atoms with E-state index < -0.39 is 0 Å². The van der Waals surface area contributed by atoms with Gasteiger partial charge in [0.2, 0.25) is 0 Å². The number of carbonyl (C=O) groups excluding carboxylic acids is 1. The quantitative estimate of drug-likeness (QED) is 0.618. The fraction of sp³-hybridized carbons (Fsp3) is 0.188. The summed E-state index contributed by atoms with van der Waals surface area (Å²) in [6.07, 6.45) is 0. The number of anilines is 1. The monoisotopic (exact) mass is 345 g/mol. The molecule has 23 heavy (non-hydrogen) atoms. The molecule has 3 N–H and O–H groups in total. The highest BCUT2D eigenvalue weighted by molar-refractivity contribution is 7.71. The van der Waals surface area contributed by atoms with Gasteiger partial charge >= 0.3 is 0 Å². The van der Waals surface area contributed by atoms with Crippen LogP contribution in [0.4, 0.5) is 5.69 Å². The minimum absolute atomic E-state index is 0.227. The number of H-pyrrole nitrogens is 2. The summed E-state index contributed by atoms with van der Waals surface area (Å²) in [7, 11) is 0. The molecule has 118 valence electrons. The number of aromatic nitrogens is 2. The molecule has 0 atom stereocenters. The van der Waals surface area contributed by atoms with E-state index in [4.69, 9.17) is 12.2 Å². The lowest BCUT2D eigenvalue weighted by Crippen LogP contribution is -2.13.